The number of aromatic nitrogens is 2. The van der Waals surface area contributed by atoms with Crippen LogP contribution in [0.4, 0.5) is 10.8 Å². The van der Waals surface area contributed by atoms with Crippen LogP contribution in [0.5, 0.6) is 0 Å². The number of para-hydroxylation sites is 1. The Kier molecular flexibility index (Phi) is 4.59. The molecule has 0 atom stereocenters. The minimum atomic E-state index is -0.731. The Morgan fingerprint density at radius 2 is 1.97 bits per heavy atom. The van der Waals surface area contributed by atoms with Crippen LogP contribution in [0.25, 0.3) is 22.2 Å². The van der Waals surface area contributed by atoms with Gasteiger partial charge in [0.05, 0.1) is 11.2 Å². The third-order valence-electron chi connectivity index (χ3n) is 5.65. The molecular weight excluding hydrogens is 396 g/mol. The molecule has 6 nitrogen and oxygen atoms in total. The van der Waals surface area contributed by atoms with E-state index in [-0.39, 0.29) is 5.56 Å². The number of nitrogens with zero attached hydrogens (tertiary/aromatic N) is 1. The molecule has 7 heteroatoms. The number of thiazole rings is 1. The van der Waals surface area contributed by atoms with E-state index in [9.17, 15) is 9.59 Å². The van der Waals surface area contributed by atoms with Gasteiger partial charge in [0.1, 0.15) is 5.56 Å². The number of aromatic amines is 1. The summed E-state index contributed by atoms with van der Waals surface area (Å²) in [6.07, 6.45) is 3.46. The molecule has 1 amide bonds. The monoisotopic (exact) mass is 416 g/mol. The van der Waals surface area contributed by atoms with Crippen LogP contribution < -0.4 is 16.6 Å². The number of nitrogens with two attached hydrogens (primary N) is 1. The Bertz CT molecular complexity index is 1310. The lowest BCUT2D eigenvalue weighted by Gasteiger charge is -2.28. The van der Waals surface area contributed by atoms with Gasteiger partial charge in [-0.25, -0.2) is 4.98 Å². The zero-order chi connectivity index (χ0) is 20.7. The number of fused-ring (bicyclic) bond motifs is 1. The summed E-state index contributed by atoms with van der Waals surface area (Å²) in [6, 6.07) is 15.5. The maximum atomic E-state index is 12.5. The van der Waals surface area contributed by atoms with E-state index < -0.39 is 11.5 Å². The first-order valence-electron chi connectivity index (χ1n) is 9.88. The second-order valence-corrected chi connectivity index (χ2v) is 8.39. The highest BCUT2D eigenvalue weighted by Gasteiger charge is 2.26. The maximum Gasteiger partial charge on any atom is 0.261 e. The van der Waals surface area contributed by atoms with Gasteiger partial charge in [0, 0.05) is 16.6 Å². The smallest absolute Gasteiger partial charge is 0.261 e. The van der Waals surface area contributed by atoms with Gasteiger partial charge >= 0.3 is 0 Å². The highest BCUT2D eigenvalue weighted by molar-refractivity contribution is 7.14. The zero-order valence-electron chi connectivity index (χ0n) is 16.1. The summed E-state index contributed by atoms with van der Waals surface area (Å²) in [6.45, 7) is 0. The Balaban J connectivity index is 1.65. The van der Waals surface area contributed by atoms with Gasteiger partial charge in [0.15, 0.2) is 5.13 Å². The SMILES string of the molecule is NC(=O)c1cc2ccc(C3CCC3)c(-c3csc(Nc4ccccc4)n3)c2[nH]c1=O. The van der Waals surface area contributed by atoms with E-state index in [1.54, 1.807) is 6.07 Å². The number of amides is 1. The summed E-state index contributed by atoms with van der Waals surface area (Å²) in [5.74, 6) is -0.276. The number of pyridine rings is 1. The van der Waals surface area contributed by atoms with E-state index in [0.29, 0.717) is 11.4 Å². The molecule has 1 aliphatic carbocycles. The molecule has 4 N–H and O–H groups in total. The van der Waals surface area contributed by atoms with Crippen molar-refractivity contribution in [3.8, 4) is 11.3 Å². The van der Waals surface area contributed by atoms with Crippen LogP contribution in [-0.4, -0.2) is 15.9 Å². The lowest BCUT2D eigenvalue weighted by Crippen LogP contribution is -2.23. The lowest BCUT2D eigenvalue weighted by atomic mass is 9.77. The van der Waals surface area contributed by atoms with E-state index in [2.05, 4.69) is 16.4 Å². The molecule has 1 saturated carbocycles. The zero-order valence-corrected chi connectivity index (χ0v) is 17.0. The summed E-state index contributed by atoms with van der Waals surface area (Å²) in [5, 5.41) is 6.88. The highest BCUT2D eigenvalue weighted by atomic mass is 32.1. The summed E-state index contributed by atoms with van der Waals surface area (Å²) < 4.78 is 0. The van der Waals surface area contributed by atoms with Crippen LogP contribution >= 0.6 is 11.3 Å². The molecule has 2 aromatic heterocycles. The van der Waals surface area contributed by atoms with E-state index in [4.69, 9.17) is 10.7 Å². The Labute approximate surface area is 176 Å². The fraction of sp³-hybridized carbons (Fsp3) is 0.174. The van der Waals surface area contributed by atoms with Gasteiger partial charge in [-0.2, -0.15) is 0 Å². The summed E-state index contributed by atoms with van der Waals surface area (Å²) in [7, 11) is 0. The number of hydrogen-bond acceptors (Lipinski definition) is 5. The Hall–Kier alpha value is -3.45. The van der Waals surface area contributed by atoms with Crippen LogP contribution in [-0.2, 0) is 0 Å². The minimum absolute atomic E-state index is 0.0328. The summed E-state index contributed by atoms with van der Waals surface area (Å²) in [5.41, 5.74) is 9.46. The third-order valence-corrected chi connectivity index (χ3v) is 6.41. The number of nitrogens with one attached hydrogen (secondary N) is 2. The van der Waals surface area contributed by atoms with Crippen molar-refractivity contribution in [3.63, 3.8) is 0 Å². The molecular formula is C23H20N4O2S. The average molecular weight is 417 g/mol. The topological polar surface area (TPSA) is 101 Å². The van der Waals surface area contributed by atoms with Crippen molar-refractivity contribution in [2.75, 3.05) is 5.32 Å². The molecule has 0 bridgehead atoms. The van der Waals surface area contributed by atoms with Crippen LogP contribution in [0.1, 0.15) is 41.1 Å². The van der Waals surface area contributed by atoms with Crippen molar-refractivity contribution < 1.29 is 4.79 Å². The summed E-state index contributed by atoms with van der Waals surface area (Å²) in [4.78, 5) is 31.8. The molecule has 0 radical (unpaired) electrons. The van der Waals surface area contributed by atoms with Crippen LogP contribution in [0.15, 0.2) is 58.7 Å². The molecule has 2 heterocycles. The quantitative estimate of drug-likeness (QED) is 0.436. The van der Waals surface area contributed by atoms with Crippen molar-refractivity contribution >= 4 is 39.0 Å². The van der Waals surface area contributed by atoms with Gasteiger partial charge in [-0.15, -0.1) is 11.3 Å². The van der Waals surface area contributed by atoms with Crippen molar-refractivity contribution in [2.24, 2.45) is 5.73 Å². The molecule has 150 valence electrons. The molecule has 4 aromatic rings. The highest BCUT2D eigenvalue weighted by Crippen LogP contribution is 2.44. The van der Waals surface area contributed by atoms with Crippen LogP contribution in [0.3, 0.4) is 0 Å². The number of carbonyl (C=O) groups is 1. The standard InChI is InChI=1S/C23H20N4O2S/c24-21(28)17-11-14-9-10-16(13-5-4-6-13)19(20(14)27-22(17)29)18-12-30-23(26-18)25-15-7-2-1-3-8-15/h1-3,7-13H,4-6H2,(H2,24,28)(H,25,26)(H,27,29). The van der Waals surface area contributed by atoms with E-state index >= 15 is 0 Å². The molecule has 5 rings (SSSR count). The maximum absolute atomic E-state index is 12.5. The van der Waals surface area contributed by atoms with Gasteiger partial charge in [0.25, 0.3) is 11.5 Å². The van der Waals surface area contributed by atoms with Gasteiger partial charge in [0.2, 0.25) is 0 Å². The van der Waals surface area contributed by atoms with Crippen molar-refractivity contribution in [1.29, 1.82) is 0 Å². The Morgan fingerprint density at radius 3 is 2.67 bits per heavy atom. The minimum Gasteiger partial charge on any atom is -0.365 e. The number of anilines is 2. The fourth-order valence-corrected chi connectivity index (χ4v) is 4.62. The van der Waals surface area contributed by atoms with Gasteiger partial charge in [-0.05, 0) is 47.9 Å². The molecule has 1 aliphatic rings. The molecule has 30 heavy (non-hydrogen) atoms. The number of rotatable bonds is 5. The average Bonchev–Trinajstić information content (AvgIpc) is 3.14. The molecule has 0 unspecified atom stereocenters. The second kappa shape index (κ2) is 7.42. The molecule has 2 aromatic carbocycles. The van der Waals surface area contributed by atoms with Gasteiger partial charge < -0.3 is 16.0 Å². The van der Waals surface area contributed by atoms with Crippen molar-refractivity contribution in [3.05, 3.63) is 75.4 Å². The number of H-pyrrole nitrogens is 1. The largest absolute Gasteiger partial charge is 0.365 e. The predicted molar refractivity (Wildman–Crippen MR) is 121 cm³/mol. The molecule has 0 aliphatic heterocycles. The van der Waals surface area contributed by atoms with E-state index in [1.165, 1.54) is 23.3 Å². The number of primary amides is 1. The lowest BCUT2D eigenvalue weighted by molar-refractivity contribution is 0.0999. The predicted octanol–water partition coefficient (Wildman–Crippen LogP) is 4.76. The van der Waals surface area contributed by atoms with Gasteiger partial charge in [-0.3, -0.25) is 9.59 Å². The first-order valence-corrected chi connectivity index (χ1v) is 10.8. The van der Waals surface area contributed by atoms with Crippen LogP contribution in [0.2, 0.25) is 0 Å². The first-order chi connectivity index (χ1) is 14.6. The van der Waals surface area contributed by atoms with E-state index in [1.807, 2.05) is 41.8 Å². The molecule has 1 fully saturated rings. The number of carbonyl (C=O) groups excluding carboxylic acids is 1. The summed E-state index contributed by atoms with van der Waals surface area (Å²) >= 11 is 1.52. The fourth-order valence-electron chi connectivity index (χ4n) is 3.90. The first kappa shape index (κ1) is 18.6. The van der Waals surface area contributed by atoms with Gasteiger partial charge in [-0.1, -0.05) is 36.8 Å². The Morgan fingerprint density at radius 1 is 1.17 bits per heavy atom. The van der Waals surface area contributed by atoms with Crippen molar-refractivity contribution in [2.45, 2.75) is 25.2 Å². The van der Waals surface area contributed by atoms with Crippen molar-refractivity contribution in [1.82, 2.24) is 9.97 Å². The van der Waals surface area contributed by atoms with E-state index in [0.717, 1.165) is 40.3 Å². The van der Waals surface area contributed by atoms with Crippen LogP contribution in [0, 0.1) is 0 Å². The second-order valence-electron chi connectivity index (χ2n) is 7.53. The number of benzene rings is 2. The third kappa shape index (κ3) is 3.27. The molecule has 0 spiro atoms. The normalized spacial score (nSPS) is 13.9. The molecule has 0 saturated heterocycles. The number of hydrogen-bond donors (Lipinski definition) is 3.